The molecule has 0 aromatic carbocycles. The predicted molar refractivity (Wildman–Crippen MR) is 58.8 cm³/mol. The zero-order chi connectivity index (χ0) is 10.7. The molecule has 0 aliphatic carbocycles. The molecule has 0 unspecified atom stereocenters. The Morgan fingerprint density at radius 1 is 1.33 bits per heavy atom. The summed E-state index contributed by atoms with van der Waals surface area (Å²) >= 11 is 1.46. The standard InChI is InChI=1S/C11H8N2OS/c1-14-11-5-2-8(7-13-11)10-4-3-9(6-12)15-10/h2-5,7H,1H3. The number of hydrogen-bond acceptors (Lipinski definition) is 4. The number of ether oxygens (including phenoxy) is 1. The Hall–Kier alpha value is -1.86. The zero-order valence-electron chi connectivity index (χ0n) is 8.10. The molecule has 0 atom stereocenters. The van der Waals surface area contributed by atoms with Crippen LogP contribution >= 0.6 is 11.3 Å². The Labute approximate surface area is 91.6 Å². The van der Waals surface area contributed by atoms with Gasteiger partial charge in [0.15, 0.2) is 0 Å². The molecule has 2 heterocycles. The van der Waals surface area contributed by atoms with Gasteiger partial charge < -0.3 is 4.74 Å². The van der Waals surface area contributed by atoms with Crippen molar-refractivity contribution < 1.29 is 4.74 Å². The third-order valence-corrected chi connectivity index (χ3v) is 2.99. The molecule has 4 heteroatoms. The fourth-order valence-corrected chi connectivity index (χ4v) is 1.99. The van der Waals surface area contributed by atoms with Crippen LogP contribution < -0.4 is 4.74 Å². The maximum Gasteiger partial charge on any atom is 0.212 e. The lowest BCUT2D eigenvalue weighted by atomic mass is 10.2. The third kappa shape index (κ3) is 1.97. The van der Waals surface area contributed by atoms with Crippen molar-refractivity contribution in [1.29, 1.82) is 5.26 Å². The summed E-state index contributed by atoms with van der Waals surface area (Å²) in [5, 5.41) is 8.70. The molecule has 0 amide bonds. The van der Waals surface area contributed by atoms with Crippen molar-refractivity contribution in [2.24, 2.45) is 0 Å². The average molecular weight is 216 g/mol. The highest BCUT2D eigenvalue weighted by molar-refractivity contribution is 7.16. The summed E-state index contributed by atoms with van der Waals surface area (Å²) in [5.74, 6) is 0.593. The van der Waals surface area contributed by atoms with Crippen LogP contribution in [-0.4, -0.2) is 12.1 Å². The number of hydrogen-bond donors (Lipinski definition) is 0. The molecule has 74 valence electrons. The molecule has 2 aromatic heterocycles. The Bertz CT molecular complexity index is 496. The van der Waals surface area contributed by atoms with Gasteiger partial charge in [-0.2, -0.15) is 5.26 Å². The molecule has 2 aromatic rings. The minimum atomic E-state index is 0.593. The topological polar surface area (TPSA) is 45.9 Å². The fourth-order valence-electron chi connectivity index (χ4n) is 1.20. The van der Waals surface area contributed by atoms with E-state index >= 15 is 0 Å². The summed E-state index contributed by atoms with van der Waals surface area (Å²) in [6, 6.07) is 9.58. The first kappa shape index (κ1) is 9.69. The Balaban J connectivity index is 2.33. The van der Waals surface area contributed by atoms with Gasteiger partial charge in [0.25, 0.3) is 0 Å². The predicted octanol–water partition coefficient (Wildman–Crippen LogP) is 2.69. The van der Waals surface area contributed by atoms with Crippen LogP contribution in [0.1, 0.15) is 4.88 Å². The summed E-state index contributed by atoms with van der Waals surface area (Å²) in [5.41, 5.74) is 1.00. The van der Waals surface area contributed by atoms with Crippen molar-refractivity contribution >= 4 is 11.3 Å². The molecule has 0 saturated heterocycles. The van der Waals surface area contributed by atoms with E-state index < -0.39 is 0 Å². The maximum absolute atomic E-state index is 8.70. The zero-order valence-corrected chi connectivity index (χ0v) is 8.91. The van der Waals surface area contributed by atoms with E-state index in [1.165, 1.54) is 11.3 Å². The van der Waals surface area contributed by atoms with Crippen LogP contribution in [0.15, 0.2) is 30.5 Å². The van der Waals surface area contributed by atoms with Crippen molar-refractivity contribution in [3.05, 3.63) is 35.3 Å². The molecular formula is C11H8N2OS. The highest BCUT2D eigenvalue weighted by atomic mass is 32.1. The van der Waals surface area contributed by atoms with Crippen molar-refractivity contribution in [3.8, 4) is 22.4 Å². The fraction of sp³-hybridized carbons (Fsp3) is 0.0909. The molecule has 0 aliphatic rings. The summed E-state index contributed by atoms with van der Waals surface area (Å²) in [6.45, 7) is 0. The number of nitriles is 1. The van der Waals surface area contributed by atoms with Crippen LogP contribution in [0.25, 0.3) is 10.4 Å². The number of methoxy groups -OCH3 is 1. The normalized spacial score (nSPS) is 9.60. The third-order valence-electron chi connectivity index (χ3n) is 1.95. The van der Waals surface area contributed by atoms with Gasteiger partial charge in [0.2, 0.25) is 5.88 Å². The molecule has 0 fully saturated rings. The quantitative estimate of drug-likeness (QED) is 0.775. The molecule has 0 spiro atoms. The van der Waals surface area contributed by atoms with E-state index in [1.54, 1.807) is 19.4 Å². The lowest BCUT2D eigenvalue weighted by molar-refractivity contribution is 0.398. The minimum absolute atomic E-state index is 0.593. The van der Waals surface area contributed by atoms with Gasteiger partial charge in [0, 0.05) is 22.7 Å². The van der Waals surface area contributed by atoms with E-state index in [4.69, 9.17) is 10.00 Å². The summed E-state index contributed by atoms with van der Waals surface area (Å²) in [6.07, 6.45) is 1.74. The van der Waals surface area contributed by atoms with Crippen molar-refractivity contribution in [3.63, 3.8) is 0 Å². The molecule has 0 bridgehead atoms. The van der Waals surface area contributed by atoms with Crippen LogP contribution in [0.2, 0.25) is 0 Å². The lowest BCUT2D eigenvalue weighted by Gasteiger charge is -1.99. The van der Waals surface area contributed by atoms with E-state index in [0.717, 1.165) is 10.4 Å². The highest BCUT2D eigenvalue weighted by Gasteiger charge is 2.02. The van der Waals surface area contributed by atoms with E-state index in [0.29, 0.717) is 10.8 Å². The molecule has 0 saturated carbocycles. The smallest absolute Gasteiger partial charge is 0.212 e. The molecular weight excluding hydrogens is 208 g/mol. The second kappa shape index (κ2) is 4.11. The Kier molecular flexibility index (Phi) is 2.66. The monoisotopic (exact) mass is 216 g/mol. The van der Waals surface area contributed by atoms with E-state index in [2.05, 4.69) is 11.1 Å². The molecule has 0 N–H and O–H groups in total. The molecule has 3 nitrogen and oxygen atoms in total. The summed E-state index contributed by atoms with van der Waals surface area (Å²) in [7, 11) is 1.58. The largest absolute Gasteiger partial charge is 0.481 e. The van der Waals surface area contributed by atoms with Crippen molar-refractivity contribution in [2.75, 3.05) is 7.11 Å². The van der Waals surface area contributed by atoms with Gasteiger partial charge in [-0.15, -0.1) is 11.3 Å². The van der Waals surface area contributed by atoms with E-state index in [-0.39, 0.29) is 0 Å². The molecule has 0 radical (unpaired) electrons. The Morgan fingerprint density at radius 2 is 2.20 bits per heavy atom. The van der Waals surface area contributed by atoms with Crippen LogP contribution in [0.3, 0.4) is 0 Å². The van der Waals surface area contributed by atoms with Crippen LogP contribution in [0, 0.1) is 11.3 Å². The van der Waals surface area contributed by atoms with E-state index in [1.807, 2.05) is 18.2 Å². The second-order valence-corrected chi connectivity index (χ2v) is 3.95. The van der Waals surface area contributed by atoms with E-state index in [9.17, 15) is 0 Å². The summed E-state index contributed by atoms with van der Waals surface area (Å²) < 4.78 is 4.97. The number of thiophene rings is 1. The second-order valence-electron chi connectivity index (χ2n) is 2.86. The van der Waals surface area contributed by atoms with Gasteiger partial charge in [0.05, 0.1) is 7.11 Å². The van der Waals surface area contributed by atoms with Crippen molar-refractivity contribution in [1.82, 2.24) is 4.98 Å². The van der Waals surface area contributed by atoms with Gasteiger partial charge in [-0.05, 0) is 18.2 Å². The number of rotatable bonds is 2. The molecule has 0 aliphatic heterocycles. The summed E-state index contributed by atoms with van der Waals surface area (Å²) in [4.78, 5) is 5.86. The highest BCUT2D eigenvalue weighted by Crippen LogP contribution is 2.27. The maximum atomic E-state index is 8.70. The van der Waals surface area contributed by atoms with Gasteiger partial charge in [-0.3, -0.25) is 0 Å². The SMILES string of the molecule is COc1ccc(-c2ccc(C#N)s2)cn1. The first-order valence-corrected chi connectivity index (χ1v) is 5.15. The van der Waals surface area contributed by atoms with Crippen molar-refractivity contribution in [2.45, 2.75) is 0 Å². The van der Waals surface area contributed by atoms with Crippen LogP contribution in [0.4, 0.5) is 0 Å². The first-order valence-electron chi connectivity index (χ1n) is 4.34. The number of pyridine rings is 1. The Morgan fingerprint density at radius 3 is 2.73 bits per heavy atom. The van der Waals surface area contributed by atoms with Crippen LogP contribution in [-0.2, 0) is 0 Å². The lowest BCUT2D eigenvalue weighted by Crippen LogP contribution is -1.85. The van der Waals surface area contributed by atoms with Gasteiger partial charge >= 0.3 is 0 Å². The first-order chi connectivity index (χ1) is 7.33. The molecule has 2 rings (SSSR count). The average Bonchev–Trinajstić information content (AvgIpc) is 2.78. The minimum Gasteiger partial charge on any atom is -0.481 e. The van der Waals surface area contributed by atoms with Crippen LogP contribution in [0.5, 0.6) is 5.88 Å². The van der Waals surface area contributed by atoms with Gasteiger partial charge in [0.1, 0.15) is 10.9 Å². The van der Waals surface area contributed by atoms with Gasteiger partial charge in [-0.1, -0.05) is 0 Å². The number of aromatic nitrogens is 1. The molecule has 15 heavy (non-hydrogen) atoms. The number of nitrogens with zero attached hydrogens (tertiary/aromatic N) is 2. The van der Waals surface area contributed by atoms with Gasteiger partial charge in [-0.25, -0.2) is 4.98 Å².